The average molecular weight is 235 g/mol. The summed E-state index contributed by atoms with van der Waals surface area (Å²) in [5.74, 6) is 0. The van der Waals surface area contributed by atoms with Crippen molar-refractivity contribution in [3.8, 4) is 0 Å². The number of benzene rings is 1. The first-order chi connectivity index (χ1) is 8.36. The highest BCUT2D eigenvalue weighted by atomic mass is 16.5. The van der Waals surface area contributed by atoms with Crippen molar-refractivity contribution in [2.75, 3.05) is 31.7 Å². The molecule has 3 heteroatoms. The Kier molecular flexibility index (Phi) is 4.83. The van der Waals surface area contributed by atoms with Crippen LogP contribution in [0.5, 0.6) is 0 Å². The van der Waals surface area contributed by atoms with E-state index in [4.69, 9.17) is 9.47 Å². The zero-order valence-corrected chi connectivity index (χ0v) is 10.4. The van der Waals surface area contributed by atoms with Crippen molar-refractivity contribution >= 4 is 5.69 Å². The van der Waals surface area contributed by atoms with Gasteiger partial charge in [-0.25, -0.2) is 0 Å². The molecule has 1 N–H and O–H groups in total. The van der Waals surface area contributed by atoms with Gasteiger partial charge >= 0.3 is 0 Å². The molecule has 0 spiro atoms. The summed E-state index contributed by atoms with van der Waals surface area (Å²) < 4.78 is 11.1. The lowest BCUT2D eigenvalue weighted by Crippen LogP contribution is -2.18. The summed E-state index contributed by atoms with van der Waals surface area (Å²) in [4.78, 5) is 0. The Morgan fingerprint density at radius 3 is 3.06 bits per heavy atom. The van der Waals surface area contributed by atoms with Gasteiger partial charge in [-0.2, -0.15) is 0 Å². The third-order valence-electron chi connectivity index (χ3n) is 3.03. The Balaban J connectivity index is 1.58. The van der Waals surface area contributed by atoms with Crippen LogP contribution in [0.15, 0.2) is 24.3 Å². The van der Waals surface area contributed by atoms with Gasteiger partial charge in [0.05, 0.1) is 19.3 Å². The largest absolute Gasteiger partial charge is 0.383 e. The van der Waals surface area contributed by atoms with E-state index < -0.39 is 0 Å². The Morgan fingerprint density at radius 1 is 1.41 bits per heavy atom. The molecule has 17 heavy (non-hydrogen) atoms. The van der Waals surface area contributed by atoms with Crippen LogP contribution < -0.4 is 5.32 Å². The van der Waals surface area contributed by atoms with Gasteiger partial charge in [0.1, 0.15) is 0 Å². The number of hydrogen-bond donors (Lipinski definition) is 1. The van der Waals surface area contributed by atoms with Crippen molar-refractivity contribution in [1.82, 2.24) is 0 Å². The summed E-state index contributed by atoms with van der Waals surface area (Å²) in [6.45, 7) is 5.31. The van der Waals surface area contributed by atoms with Crippen LogP contribution in [0.4, 0.5) is 5.69 Å². The van der Waals surface area contributed by atoms with Gasteiger partial charge in [0.2, 0.25) is 0 Å². The van der Waals surface area contributed by atoms with Crippen molar-refractivity contribution < 1.29 is 9.47 Å². The molecule has 1 fully saturated rings. The van der Waals surface area contributed by atoms with Crippen LogP contribution >= 0.6 is 0 Å². The molecule has 94 valence electrons. The maximum atomic E-state index is 5.59. The second-order valence-corrected chi connectivity index (χ2v) is 4.45. The minimum absolute atomic E-state index is 0.327. The Morgan fingerprint density at radius 2 is 2.29 bits per heavy atom. The highest BCUT2D eigenvalue weighted by Gasteiger charge is 2.14. The van der Waals surface area contributed by atoms with Crippen molar-refractivity contribution in [2.24, 2.45) is 0 Å². The molecule has 1 aliphatic rings. The molecule has 0 amide bonds. The lowest BCUT2D eigenvalue weighted by Gasteiger charge is -2.12. The molecule has 0 saturated carbocycles. The molecular formula is C14H21NO2. The zero-order valence-electron chi connectivity index (χ0n) is 10.4. The SMILES string of the molecule is Cc1ccccc1NCCOCC1CCCO1. The van der Waals surface area contributed by atoms with Gasteiger partial charge in [0.25, 0.3) is 0 Å². The lowest BCUT2D eigenvalue weighted by atomic mass is 10.2. The fraction of sp³-hybridized carbons (Fsp3) is 0.571. The highest BCUT2D eigenvalue weighted by molar-refractivity contribution is 5.50. The van der Waals surface area contributed by atoms with Gasteiger partial charge in [0.15, 0.2) is 0 Å². The topological polar surface area (TPSA) is 30.5 Å². The highest BCUT2D eigenvalue weighted by Crippen LogP contribution is 2.13. The summed E-state index contributed by atoms with van der Waals surface area (Å²) in [5.41, 5.74) is 2.46. The normalized spacial score (nSPS) is 19.5. The van der Waals surface area contributed by atoms with Gasteiger partial charge in [-0.05, 0) is 31.4 Å². The average Bonchev–Trinajstić information content (AvgIpc) is 2.84. The van der Waals surface area contributed by atoms with E-state index in [0.717, 1.165) is 32.8 Å². The molecule has 1 aromatic carbocycles. The predicted molar refractivity (Wildman–Crippen MR) is 69.5 cm³/mol. The molecule has 1 aliphatic heterocycles. The quantitative estimate of drug-likeness (QED) is 0.769. The first-order valence-electron chi connectivity index (χ1n) is 6.35. The van der Waals surface area contributed by atoms with E-state index in [1.54, 1.807) is 0 Å². The monoisotopic (exact) mass is 235 g/mol. The minimum atomic E-state index is 0.327. The smallest absolute Gasteiger partial charge is 0.0809 e. The number of rotatable bonds is 6. The minimum Gasteiger partial charge on any atom is -0.383 e. The lowest BCUT2D eigenvalue weighted by molar-refractivity contribution is 0.0206. The van der Waals surface area contributed by atoms with Crippen molar-refractivity contribution in [2.45, 2.75) is 25.9 Å². The van der Waals surface area contributed by atoms with Crippen LogP contribution in [0.2, 0.25) is 0 Å². The summed E-state index contributed by atoms with van der Waals surface area (Å²) in [7, 11) is 0. The maximum Gasteiger partial charge on any atom is 0.0809 e. The summed E-state index contributed by atoms with van der Waals surface area (Å²) in [6, 6.07) is 8.29. The molecule has 1 heterocycles. The van der Waals surface area contributed by atoms with E-state index in [2.05, 4.69) is 30.4 Å². The van der Waals surface area contributed by atoms with Crippen LogP contribution in [0.1, 0.15) is 18.4 Å². The number of para-hydroxylation sites is 1. The van der Waals surface area contributed by atoms with Gasteiger partial charge in [-0.1, -0.05) is 18.2 Å². The third kappa shape index (κ3) is 4.02. The van der Waals surface area contributed by atoms with E-state index >= 15 is 0 Å². The van der Waals surface area contributed by atoms with E-state index in [1.165, 1.54) is 17.7 Å². The van der Waals surface area contributed by atoms with Gasteiger partial charge in [-0.15, -0.1) is 0 Å². The van der Waals surface area contributed by atoms with Gasteiger partial charge in [-0.3, -0.25) is 0 Å². The Hall–Kier alpha value is -1.06. The molecule has 0 radical (unpaired) electrons. The number of ether oxygens (including phenoxy) is 2. The first kappa shape index (κ1) is 12.4. The van der Waals surface area contributed by atoms with Crippen molar-refractivity contribution in [1.29, 1.82) is 0 Å². The molecule has 2 rings (SSSR count). The number of hydrogen-bond acceptors (Lipinski definition) is 3. The van der Waals surface area contributed by atoms with Crippen LogP contribution in [0.25, 0.3) is 0 Å². The number of anilines is 1. The Labute approximate surface area is 103 Å². The van der Waals surface area contributed by atoms with Crippen LogP contribution in [-0.4, -0.2) is 32.5 Å². The molecule has 0 aliphatic carbocycles. The van der Waals surface area contributed by atoms with Crippen LogP contribution in [-0.2, 0) is 9.47 Å². The molecule has 1 atom stereocenters. The van der Waals surface area contributed by atoms with Crippen molar-refractivity contribution in [3.05, 3.63) is 29.8 Å². The van der Waals surface area contributed by atoms with Crippen LogP contribution in [0.3, 0.4) is 0 Å². The fourth-order valence-corrected chi connectivity index (χ4v) is 2.02. The zero-order chi connectivity index (χ0) is 11.9. The molecule has 3 nitrogen and oxygen atoms in total. The molecule has 0 aromatic heterocycles. The number of nitrogens with one attached hydrogen (secondary N) is 1. The molecule has 1 saturated heterocycles. The predicted octanol–water partition coefficient (Wildman–Crippen LogP) is 2.60. The molecular weight excluding hydrogens is 214 g/mol. The molecule has 1 aromatic rings. The fourth-order valence-electron chi connectivity index (χ4n) is 2.02. The summed E-state index contributed by atoms with van der Waals surface area (Å²) >= 11 is 0. The second kappa shape index (κ2) is 6.62. The van der Waals surface area contributed by atoms with Crippen LogP contribution in [0, 0.1) is 6.92 Å². The summed E-state index contributed by atoms with van der Waals surface area (Å²) in [6.07, 6.45) is 2.65. The first-order valence-corrected chi connectivity index (χ1v) is 6.35. The van der Waals surface area contributed by atoms with E-state index in [0.29, 0.717) is 6.10 Å². The standard InChI is InChI=1S/C14H21NO2/c1-12-5-2-3-7-14(12)15-8-10-16-11-13-6-4-9-17-13/h2-3,5,7,13,15H,4,6,8-11H2,1H3. The molecule has 0 bridgehead atoms. The second-order valence-electron chi connectivity index (χ2n) is 4.45. The summed E-state index contributed by atoms with van der Waals surface area (Å²) in [5, 5.41) is 3.37. The maximum absolute atomic E-state index is 5.59. The number of aryl methyl sites for hydroxylation is 1. The van der Waals surface area contributed by atoms with Gasteiger partial charge < -0.3 is 14.8 Å². The van der Waals surface area contributed by atoms with E-state index in [9.17, 15) is 0 Å². The molecule has 1 unspecified atom stereocenters. The van der Waals surface area contributed by atoms with E-state index in [-0.39, 0.29) is 0 Å². The van der Waals surface area contributed by atoms with Gasteiger partial charge in [0, 0.05) is 18.8 Å². The van der Waals surface area contributed by atoms with E-state index in [1.807, 2.05) is 6.07 Å². The van der Waals surface area contributed by atoms with Crippen molar-refractivity contribution in [3.63, 3.8) is 0 Å². The Bertz CT molecular complexity index is 335. The third-order valence-corrected chi connectivity index (χ3v) is 3.03.